The van der Waals surface area contributed by atoms with E-state index in [4.69, 9.17) is 22.7 Å². The number of halogens is 2. The lowest BCUT2D eigenvalue weighted by molar-refractivity contribution is -0.134. The van der Waals surface area contributed by atoms with Crippen molar-refractivity contribution in [1.82, 2.24) is 15.2 Å². The van der Waals surface area contributed by atoms with Gasteiger partial charge in [-0.05, 0) is 54.8 Å². The molecular formula is C25H24ClFN6O3S. The first kappa shape index (κ1) is 26.2. The Labute approximate surface area is 221 Å². The number of hydrogen-bond donors (Lipinski definition) is 4. The molecule has 1 aliphatic rings. The van der Waals surface area contributed by atoms with Gasteiger partial charge < -0.3 is 26.7 Å². The van der Waals surface area contributed by atoms with Gasteiger partial charge in [-0.25, -0.2) is 9.37 Å². The highest BCUT2D eigenvalue weighted by Gasteiger charge is 2.29. The standard InChI is InChI=1S/C25H24ClFN6O3S/c1-2-18(30-23(34)13-3-5-17(29)14(9-13)11-28)25(36)33-8-7-19-15(12-33)10-20(37-19)24(35)32-21-6-4-16(27)22(26)31-21/h3-6,9-11,18,28H,2,7-8,12,29H2,1H3,(H,30,34)(H,31,32,35)/t18-/m1/s1. The number of pyridine rings is 1. The van der Waals surface area contributed by atoms with Gasteiger partial charge in [-0.1, -0.05) is 18.5 Å². The lowest BCUT2D eigenvalue weighted by Gasteiger charge is -2.30. The Bertz CT molecular complexity index is 1390. The molecule has 3 amide bonds. The van der Waals surface area contributed by atoms with Crippen LogP contribution in [0, 0.1) is 11.2 Å². The van der Waals surface area contributed by atoms with Crippen molar-refractivity contribution in [2.75, 3.05) is 17.6 Å². The summed E-state index contributed by atoms with van der Waals surface area (Å²) in [5.74, 6) is -1.59. The van der Waals surface area contributed by atoms with Crippen molar-refractivity contribution in [3.8, 4) is 0 Å². The molecule has 0 fully saturated rings. The van der Waals surface area contributed by atoms with Crippen molar-refractivity contribution in [3.63, 3.8) is 0 Å². The number of carbonyl (C=O) groups excluding carboxylic acids is 3. The minimum atomic E-state index is -0.731. The number of anilines is 2. The maximum Gasteiger partial charge on any atom is 0.266 e. The SMILES string of the molecule is CC[C@@H](NC(=O)c1ccc(N)c(C=N)c1)C(=O)N1CCc2sc(C(=O)Nc3ccc(F)c(Cl)n3)cc2C1. The van der Waals surface area contributed by atoms with Crippen molar-refractivity contribution in [2.45, 2.75) is 32.4 Å². The van der Waals surface area contributed by atoms with E-state index in [1.165, 1.54) is 23.5 Å². The van der Waals surface area contributed by atoms with Crippen LogP contribution in [0.2, 0.25) is 5.15 Å². The van der Waals surface area contributed by atoms with Crippen LogP contribution in [0.5, 0.6) is 0 Å². The molecule has 0 saturated heterocycles. The predicted octanol–water partition coefficient (Wildman–Crippen LogP) is 3.86. The molecule has 192 valence electrons. The number of amides is 3. The molecule has 37 heavy (non-hydrogen) atoms. The predicted molar refractivity (Wildman–Crippen MR) is 141 cm³/mol. The number of carbonyl (C=O) groups is 3. The summed E-state index contributed by atoms with van der Waals surface area (Å²) in [6.45, 7) is 2.58. The second kappa shape index (κ2) is 11.1. The second-order valence-electron chi connectivity index (χ2n) is 8.41. The van der Waals surface area contributed by atoms with E-state index in [0.29, 0.717) is 47.6 Å². The van der Waals surface area contributed by atoms with Crippen LogP contribution in [-0.2, 0) is 17.8 Å². The van der Waals surface area contributed by atoms with E-state index in [-0.39, 0.29) is 16.9 Å². The number of thiophene rings is 1. The summed E-state index contributed by atoms with van der Waals surface area (Å²) in [5.41, 5.74) is 7.77. The Morgan fingerprint density at radius 2 is 2.05 bits per heavy atom. The minimum absolute atomic E-state index is 0.134. The molecule has 0 bridgehead atoms. The lowest BCUT2D eigenvalue weighted by Crippen LogP contribution is -2.49. The van der Waals surface area contributed by atoms with Gasteiger partial charge in [0.1, 0.15) is 11.9 Å². The van der Waals surface area contributed by atoms with Gasteiger partial charge in [0.05, 0.1) is 4.88 Å². The zero-order chi connectivity index (χ0) is 26.7. The van der Waals surface area contributed by atoms with Crippen LogP contribution < -0.4 is 16.4 Å². The molecule has 0 spiro atoms. The Balaban J connectivity index is 1.42. The number of nitrogens with one attached hydrogen (secondary N) is 3. The molecule has 5 N–H and O–H groups in total. The molecule has 0 saturated carbocycles. The Hall–Kier alpha value is -3.83. The molecule has 1 aromatic carbocycles. The normalized spacial score (nSPS) is 13.4. The van der Waals surface area contributed by atoms with Crippen LogP contribution in [0.15, 0.2) is 36.4 Å². The van der Waals surface area contributed by atoms with E-state index in [1.807, 2.05) is 6.92 Å². The molecule has 2 aromatic heterocycles. The van der Waals surface area contributed by atoms with Gasteiger partial charge in [0.25, 0.3) is 11.8 Å². The van der Waals surface area contributed by atoms with Crippen molar-refractivity contribution < 1.29 is 18.8 Å². The summed E-state index contributed by atoms with van der Waals surface area (Å²) >= 11 is 7.01. The fourth-order valence-corrected chi connectivity index (χ4v) is 5.15. The third-order valence-electron chi connectivity index (χ3n) is 5.96. The van der Waals surface area contributed by atoms with Gasteiger partial charge in [0.2, 0.25) is 5.91 Å². The molecule has 0 aliphatic carbocycles. The van der Waals surface area contributed by atoms with E-state index in [9.17, 15) is 18.8 Å². The number of nitrogens with two attached hydrogens (primary N) is 1. The minimum Gasteiger partial charge on any atom is -0.398 e. The van der Waals surface area contributed by atoms with E-state index in [1.54, 1.807) is 23.1 Å². The first-order valence-electron chi connectivity index (χ1n) is 11.4. The van der Waals surface area contributed by atoms with Crippen LogP contribution >= 0.6 is 22.9 Å². The van der Waals surface area contributed by atoms with E-state index < -0.39 is 23.7 Å². The van der Waals surface area contributed by atoms with E-state index in [2.05, 4.69) is 15.6 Å². The number of nitrogens with zero attached hydrogens (tertiary/aromatic N) is 2. The molecule has 3 aromatic rings. The summed E-state index contributed by atoms with van der Waals surface area (Å²) < 4.78 is 13.3. The quantitative estimate of drug-likeness (QED) is 0.204. The number of aromatic nitrogens is 1. The third kappa shape index (κ3) is 5.78. The van der Waals surface area contributed by atoms with Gasteiger partial charge in [-0.3, -0.25) is 14.4 Å². The zero-order valence-corrected chi connectivity index (χ0v) is 21.4. The molecular weight excluding hydrogens is 519 g/mol. The van der Waals surface area contributed by atoms with Crippen molar-refractivity contribution in [3.05, 3.63) is 73.8 Å². The highest BCUT2D eigenvalue weighted by atomic mass is 35.5. The van der Waals surface area contributed by atoms with E-state index in [0.717, 1.165) is 22.7 Å². The van der Waals surface area contributed by atoms with Crippen LogP contribution in [0.25, 0.3) is 0 Å². The number of hydrogen-bond acceptors (Lipinski definition) is 7. The van der Waals surface area contributed by atoms with Gasteiger partial charge in [-0.2, -0.15) is 0 Å². The highest BCUT2D eigenvalue weighted by Crippen LogP contribution is 2.29. The topological polar surface area (TPSA) is 141 Å². The van der Waals surface area contributed by atoms with Gasteiger partial charge in [-0.15, -0.1) is 11.3 Å². The number of rotatable bonds is 7. The monoisotopic (exact) mass is 542 g/mol. The molecule has 1 aliphatic heterocycles. The number of fused-ring (bicyclic) bond motifs is 1. The van der Waals surface area contributed by atoms with Crippen LogP contribution in [-0.4, -0.2) is 46.4 Å². The summed E-state index contributed by atoms with van der Waals surface area (Å²) in [6.07, 6.45) is 2.04. The molecule has 1 atom stereocenters. The van der Waals surface area contributed by atoms with Crippen molar-refractivity contribution in [1.29, 1.82) is 5.41 Å². The zero-order valence-electron chi connectivity index (χ0n) is 19.8. The van der Waals surface area contributed by atoms with Crippen LogP contribution in [0.3, 0.4) is 0 Å². The average molecular weight is 543 g/mol. The Kier molecular flexibility index (Phi) is 7.84. The number of benzene rings is 1. The highest BCUT2D eigenvalue weighted by molar-refractivity contribution is 7.14. The summed E-state index contributed by atoms with van der Waals surface area (Å²) in [7, 11) is 0. The maximum absolute atomic E-state index is 13.3. The fourth-order valence-electron chi connectivity index (χ4n) is 3.94. The second-order valence-corrected chi connectivity index (χ2v) is 9.91. The molecule has 0 unspecified atom stereocenters. The van der Waals surface area contributed by atoms with Gasteiger partial charge >= 0.3 is 0 Å². The summed E-state index contributed by atoms with van der Waals surface area (Å²) in [5, 5.41) is 12.5. The smallest absolute Gasteiger partial charge is 0.266 e. The molecule has 0 radical (unpaired) electrons. The van der Waals surface area contributed by atoms with E-state index >= 15 is 0 Å². The third-order valence-corrected chi connectivity index (χ3v) is 7.46. The average Bonchev–Trinajstić information content (AvgIpc) is 3.33. The Morgan fingerprint density at radius 3 is 2.76 bits per heavy atom. The maximum atomic E-state index is 13.3. The van der Waals surface area contributed by atoms with Crippen molar-refractivity contribution >= 4 is 58.4 Å². The first-order valence-corrected chi connectivity index (χ1v) is 12.6. The van der Waals surface area contributed by atoms with Crippen molar-refractivity contribution in [2.24, 2.45) is 0 Å². The van der Waals surface area contributed by atoms with Crippen LogP contribution in [0.4, 0.5) is 15.9 Å². The first-order chi connectivity index (χ1) is 17.7. The molecule has 4 rings (SSSR count). The Morgan fingerprint density at radius 1 is 1.27 bits per heavy atom. The number of nitrogen functional groups attached to an aromatic ring is 1. The lowest BCUT2D eigenvalue weighted by atomic mass is 10.1. The largest absolute Gasteiger partial charge is 0.398 e. The molecule has 3 heterocycles. The summed E-state index contributed by atoms with van der Waals surface area (Å²) in [4.78, 5) is 45.6. The fraction of sp³-hybridized carbons (Fsp3) is 0.240. The van der Waals surface area contributed by atoms with Crippen LogP contribution in [0.1, 0.15) is 49.4 Å². The molecule has 9 nitrogen and oxygen atoms in total. The summed E-state index contributed by atoms with van der Waals surface area (Å²) in [6, 6.07) is 8.05. The van der Waals surface area contributed by atoms with Gasteiger partial charge in [0, 0.05) is 41.0 Å². The molecule has 12 heteroatoms. The van der Waals surface area contributed by atoms with Gasteiger partial charge in [0.15, 0.2) is 11.0 Å².